The van der Waals surface area contributed by atoms with Crippen LogP contribution in [0.5, 0.6) is 0 Å². The van der Waals surface area contributed by atoms with Crippen molar-refractivity contribution >= 4 is 29.3 Å². The molecular formula is C11H11FN2O3S. The molecule has 1 unspecified atom stereocenters. The number of carboxylic acids is 1. The van der Waals surface area contributed by atoms with Gasteiger partial charge in [0.25, 0.3) is 0 Å². The van der Waals surface area contributed by atoms with Crippen LogP contribution in [0.4, 0.5) is 10.1 Å². The maximum absolute atomic E-state index is 13.1. The summed E-state index contributed by atoms with van der Waals surface area (Å²) >= 11 is 1.61. The molecule has 0 bridgehead atoms. The first-order chi connectivity index (χ1) is 8.58. The van der Waals surface area contributed by atoms with Gasteiger partial charge in [-0.25, -0.2) is 9.18 Å². The lowest BCUT2D eigenvalue weighted by atomic mass is 10.2. The third kappa shape index (κ3) is 2.80. The van der Waals surface area contributed by atoms with Gasteiger partial charge in [0, 0.05) is 17.3 Å². The van der Waals surface area contributed by atoms with Crippen LogP contribution in [-0.4, -0.2) is 34.7 Å². The van der Waals surface area contributed by atoms with E-state index in [1.54, 1.807) is 11.8 Å². The Hall–Kier alpha value is -1.60. The number of thioether (sulfide) groups is 1. The summed E-state index contributed by atoms with van der Waals surface area (Å²) < 4.78 is 13.1. The standard InChI is InChI=1S/C11H11FN2O3S/c12-8-2-1-6(3-7(8)11(16)17)14-10(15)9-4-18-5-13-9/h1-3,9,13H,4-5H2,(H,14,15)(H,16,17). The van der Waals surface area contributed by atoms with Gasteiger partial charge in [0.2, 0.25) is 5.91 Å². The summed E-state index contributed by atoms with van der Waals surface area (Å²) in [6, 6.07) is 3.17. The maximum atomic E-state index is 13.1. The Bertz CT molecular complexity index is 489. The molecule has 0 saturated carbocycles. The molecule has 1 atom stereocenters. The topological polar surface area (TPSA) is 78.4 Å². The summed E-state index contributed by atoms with van der Waals surface area (Å²) in [5, 5.41) is 14.3. The summed E-state index contributed by atoms with van der Waals surface area (Å²) in [6.45, 7) is 0. The van der Waals surface area contributed by atoms with E-state index in [9.17, 15) is 14.0 Å². The molecule has 18 heavy (non-hydrogen) atoms. The molecule has 1 saturated heterocycles. The van der Waals surface area contributed by atoms with E-state index in [0.29, 0.717) is 11.6 Å². The van der Waals surface area contributed by atoms with E-state index < -0.39 is 17.3 Å². The summed E-state index contributed by atoms with van der Waals surface area (Å²) in [4.78, 5) is 22.5. The fraction of sp³-hybridized carbons (Fsp3) is 0.273. The van der Waals surface area contributed by atoms with Gasteiger partial charge in [0.1, 0.15) is 5.82 Å². The first kappa shape index (κ1) is 12.8. The molecule has 0 aliphatic carbocycles. The Balaban J connectivity index is 2.11. The first-order valence-corrected chi connectivity index (χ1v) is 6.38. The minimum absolute atomic E-state index is 0.247. The van der Waals surface area contributed by atoms with Crippen LogP contribution in [0.3, 0.4) is 0 Å². The molecule has 0 radical (unpaired) electrons. The fourth-order valence-electron chi connectivity index (χ4n) is 1.56. The highest BCUT2D eigenvalue weighted by Gasteiger charge is 2.22. The molecule has 2 rings (SSSR count). The number of anilines is 1. The van der Waals surface area contributed by atoms with Gasteiger partial charge in [-0.3, -0.25) is 10.1 Å². The van der Waals surface area contributed by atoms with E-state index in [0.717, 1.165) is 12.1 Å². The van der Waals surface area contributed by atoms with Crippen molar-refractivity contribution in [2.45, 2.75) is 6.04 Å². The number of carboxylic acid groups (broad SMARTS) is 1. The summed E-state index contributed by atoms with van der Waals surface area (Å²) in [5.74, 6) is -1.06. The molecule has 7 heteroatoms. The Morgan fingerprint density at radius 2 is 2.28 bits per heavy atom. The molecule has 0 aromatic heterocycles. The van der Waals surface area contributed by atoms with Crippen LogP contribution in [0.2, 0.25) is 0 Å². The predicted molar refractivity (Wildman–Crippen MR) is 66.2 cm³/mol. The zero-order chi connectivity index (χ0) is 13.1. The quantitative estimate of drug-likeness (QED) is 0.767. The molecule has 1 heterocycles. The summed E-state index contributed by atoms with van der Waals surface area (Å²) in [7, 11) is 0. The molecule has 1 aromatic rings. The number of carbonyl (C=O) groups is 2. The zero-order valence-corrected chi connectivity index (χ0v) is 10.1. The van der Waals surface area contributed by atoms with E-state index in [1.807, 2.05) is 0 Å². The van der Waals surface area contributed by atoms with E-state index in [-0.39, 0.29) is 17.6 Å². The third-order valence-electron chi connectivity index (χ3n) is 2.50. The van der Waals surface area contributed by atoms with Crippen molar-refractivity contribution in [1.82, 2.24) is 5.32 Å². The number of amides is 1. The lowest BCUT2D eigenvalue weighted by Crippen LogP contribution is -2.37. The molecule has 1 aromatic carbocycles. The maximum Gasteiger partial charge on any atom is 0.338 e. The predicted octanol–water partition coefficient (Wildman–Crippen LogP) is 1.12. The van der Waals surface area contributed by atoms with Crippen molar-refractivity contribution in [1.29, 1.82) is 0 Å². The van der Waals surface area contributed by atoms with Crippen molar-refractivity contribution < 1.29 is 19.1 Å². The molecule has 5 nitrogen and oxygen atoms in total. The fourth-order valence-corrected chi connectivity index (χ4v) is 2.50. The number of rotatable bonds is 3. The highest BCUT2D eigenvalue weighted by Crippen LogP contribution is 2.16. The smallest absolute Gasteiger partial charge is 0.338 e. The number of aromatic carboxylic acids is 1. The second-order valence-electron chi connectivity index (χ2n) is 3.76. The molecular weight excluding hydrogens is 259 g/mol. The van der Waals surface area contributed by atoms with Crippen molar-refractivity contribution in [3.8, 4) is 0 Å². The SMILES string of the molecule is O=C(O)c1cc(NC(=O)C2CSCN2)ccc1F. The molecule has 96 valence electrons. The normalized spacial score (nSPS) is 18.6. The largest absolute Gasteiger partial charge is 0.478 e. The second kappa shape index (κ2) is 5.36. The Labute approximate surface area is 107 Å². The molecule has 1 aliphatic rings. The van der Waals surface area contributed by atoms with Crippen LogP contribution in [-0.2, 0) is 4.79 Å². The van der Waals surface area contributed by atoms with Gasteiger partial charge in [0.15, 0.2) is 0 Å². The third-order valence-corrected chi connectivity index (χ3v) is 3.44. The Morgan fingerprint density at radius 1 is 1.50 bits per heavy atom. The number of nitrogens with one attached hydrogen (secondary N) is 2. The van der Waals surface area contributed by atoms with Gasteiger partial charge in [-0.1, -0.05) is 0 Å². The van der Waals surface area contributed by atoms with Gasteiger partial charge < -0.3 is 10.4 Å². The second-order valence-corrected chi connectivity index (χ2v) is 4.79. The van der Waals surface area contributed by atoms with Gasteiger partial charge in [-0.05, 0) is 18.2 Å². The summed E-state index contributed by atoms with van der Waals surface area (Å²) in [5.41, 5.74) is -0.181. The monoisotopic (exact) mass is 270 g/mol. The highest BCUT2D eigenvalue weighted by atomic mass is 32.2. The van der Waals surface area contributed by atoms with Crippen molar-refractivity contribution in [2.75, 3.05) is 16.9 Å². The van der Waals surface area contributed by atoms with E-state index in [4.69, 9.17) is 5.11 Å². The van der Waals surface area contributed by atoms with E-state index in [2.05, 4.69) is 10.6 Å². The van der Waals surface area contributed by atoms with E-state index in [1.165, 1.54) is 6.07 Å². The van der Waals surface area contributed by atoms with Crippen LogP contribution in [0.1, 0.15) is 10.4 Å². The van der Waals surface area contributed by atoms with Crippen LogP contribution < -0.4 is 10.6 Å². The van der Waals surface area contributed by atoms with Crippen LogP contribution in [0, 0.1) is 5.82 Å². The van der Waals surface area contributed by atoms with Crippen LogP contribution in [0.15, 0.2) is 18.2 Å². The van der Waals surface area contributed by atoms with Crippen molar-refractivity contribution in [3.05, 3.63) is 29.6 Å². The minimum Gasteiger partial charge on any atom is -0.478 e. The Morgan fingerprint density at radius 3 is 2.89 bits per heavy atom. The van der Waals surface area contributed by atoms with Gasteiger partial charge in [0.05, 0.1) is 11.6 Å². The molecule has 1 fully saturated rings. The average molecular weight is 270 g/mol. The number of benzene rings is 1. The molecule has 0 spiro atoms. The minimum atomic E-state index is -1.36. The van der Waals surface area contributed by atoms with Crippen molar-refractivity contribution in [2.24, 2.45) is 0 Å². The van der Waals surface area contributed by atoms with Crippen LogP contribution in [0.25, 0.3) is 0 Å². The van der Waals surface area contributed by atoms with Gasteiger partial charge in [-0.15, -0.1) is 11.8 Å². The molecule has 3 N–H and O–H groups in total. The number of halogens is 1. The summed E-state index contributed by atoms with van der Waals surface area (Å²) in [6.07, 6.45) is 0. The Kier molecular flexibility index (Phi) is 3.83. The lowest BCUT2D eigenvalue weighted by molar-refractivity contribution is -0.117. The molecule has 1 amide bonds. The van der Waals surface area contributed by atoms with Crippen LogP contribution >= 0.6 is 11.8 Å². The number of carbonyl (C=O) groups excluding carboxylic acids is 1. The molecule has 1 aliphatic heterocycles. The van der Waals surface area contributed by atoms with Gasteiger partial charge >= 0.3 is 5.97 Å². The lowest BCUT2D eigenvalue weighted by Gasteiger charge is -2.11. The van der Waals surface area contributed by atoms with Gasteiger partial charge in [-0.2, -0.15) is 0 Å². The van der Waals surface area contributed by atoms with Crippen molar-refractivity contribution in [3.63, 3.8) is 0 Å². The number of hydrogen-bond acceptors (Lipinski definition) is 4. The van der Waals surface area contributed by atoms with E-state index >= 15 is 0 Å². The zero-order valence-electron chi connectivity index (χ0n) is 9.27. The first-order valence-electron chi connectivity index (χ1n) is 5.23. The number of hydrogen-bond donors (Lipinski definition) is 3. The highest BCUT2D eigenvalue weighted by molar-refractivity contribution is 7.99. The average Bonchev–Trinajstić information content (AvgIpc) is 2.85.